The molecule has 0 atom stereocenters. The van der Waals surface area contributed by atoms with E-state index in [-0.39, 0.29) is 39.7 Å². The molecule has 7 aromatic carbocycles. The lowest BCUT2D eigenvalue weighted by Gasteiger charge is -2.14. The minimum atomic E-state index is -0.502. The fourth-order valence-electron chi connectivity index (χ4n) is 6.63. The molecule has 50 heavy (non-hydrogen) atoms. The van der Waals surface area contributed by atoms with Crippen molar-refractivity contribution in [2.75, 3.05) is 0 Å². The van der Waals surface area contributed by atoms with Gasteiger partial charge in [0.25, 0.3) is 0 Å². The zero-order valence-corrected chi connectivity index (χ0v) is 27.1. The smallest absolute Gasteiger partial charge is 0.166 e. The van der Waals surface area contributed by atoms with Gasteiger partial charge in [0.2, 0.25) is 0 Å². The molecule has 10 aromatic rings. The molecular weight excluding hydrogens is 629 g/mol. The van der Waals surface area contributed by atoms with Crippen LogP contribution in [0, 0.1) is 0 Å². The van der Waals surface area contributed by atoms with Crippen molar-refractivity contribution < 1.29 is 11.0 Å². The maximum absolute atomic E-state index is 9.10. The first-order valence-electron chi connectivity index (χ1n) is 20.1. The molecule has 10 rings (SSSR count). The van der Waals surface area contributed by atoms with E-state index in [0.29, 0.717) is 22.9 Å². The monoisotopic (exact) mass is 664 g/mol. The number of nitrogens with zero attached hydrogens (tertiary/aromatic N) is 4. The van der Waals surface area contributed by atoms with Crippen molar-refractivity contribution >= 4 is 53.3 Å². The van der Waals surface area contributed by atoms with Crippen LogP contribution in [0.15, 0.2) is 170 Å². The van der Waals surface area contributed by atoms with E-state index in [4.69, 9.17) is 25.9 Å². The Morgan fingerprint density at radius 3 is 1.78 bits per heavy atom. The molecule has 0 radical (unpaired) electrons. The van der Waals surface area contributed by atoms with Gasteiger partial charge >= 0.3 is 0 Å². The largest absolute Gasteiger partial charge is 0.309 e. The van der Waals surface area contributed by atoms with Crippen LogP contribution in [-0.2, 0) is 0 Å². The van der Waals surface area contributed by atoms with Crippen LogP contribution < -0.4 is 0 Å². The van der Waals surface area contributed by atoms with Crippen molar-refractivity contribution in [1.29, 1.82) is 0 Å². The normalized spacial score (nSPS) is 13.8. The van der Waals surface area contributed by atoms with E-state index in [9.17, 15) is 0 Å². The van der Waals surface area contributed by atoms with Gasteiger partial charge < -0.3 is 4.57 Å². The SMILES string of the molecule is [2H]c1c([2H])c([2H])c2c(c1[2H])c1c([2H])c([2H])c([2H])c([2H])c1n2-c1ccccc1-c1nc(-c2ccc(-c3ccccc3)cc2)nc(-c2cccc3c2sc2ccccc23)n1. The van der Waals surface area contributed by atoms with E-state index in [2.05, 4.69) is 18.2 Å². The Morgan fingerprint density at radius 2 is 1.00 bits per heavy atom. The fraction of sp³-hybridized carbons (Fsp3) is 0. The first kappa shape index (κ1) is 21.5. The number of benzene rings is 7. The summed E-state index contributed by atoms with van der Waals surface area (Å²) in [5.41, 5.74) is 4.49. The standard InChI is InChI=1S/C45H28N4S/c1-2-13-29(14-3-1)30-25-27-31(28-26-30)43-46-44(48-45(47-43)37-20-12-19-35-34-17-7-11-24-41(34)50-42(35)37)36-18-6-10-23-40(36)49-38-21-8-4-15-32(38)33-16-5-9-22-39(33)49/h1-28H/i4D,5D,8D,9D,15D,16D,21D,22D. The Bertz CT molecular complexity index is 3250. The Morgan fingerprint density at radius 1 is 0.440 bits per heavy atom. The summed E-state index contributed by atoms with van der Waals surface area (Å²) in [7, 11) is 0. The molecule has 0 saturated heterocycles. The van der Waals surface area contributed by atoms with Crippen LogP contribution >= 0.6 is 11.3 Å². The van der Waals surface area contributed by atoms with Crippen LogP contribution in [0.1, 0.15) is 11.0 Å². The zero-order valence-electron chi connectivity index (χ0n) is 34.2. The third-order valence-electron chi connectivity index (χ3n) is 8.95. The first-order chi connectivity index (χ1) is 28.1. The molecule has 0 saturated carbocycles. The average Bonchev–Trinajstić information content (AvgIpc) is 3.83. The van der Waals surface area contributed by atoms with Crippen LogP contribution in [-0.4, -0.2) is 19.5 Å². The number of fused-ring (bicyclic) bond motifs is 6. The molecule has 234 valence electrons. The molecule has 0 aliphatic rings. The van der Waals surface area contributed by atoms with E-state index in [1.165, 1.54) is 4.57 Å². The summed E-state index contributed by atoms with van der Waals surface area (Å²) in [6.07, 6.45) is 0. The van der Waals surface area contributed by atoms with Crippen molar-refractivity contribution in [2.45, 2.75) is 0 Å². The van der Waals surface area contributed by atoms with Gasteiger partial charge in [-0.25, -0.2) is 15.0 Å². The molecule has 0 aliphatic heterocycles. The summed E-state index contributed by atoms with van der Waals surface area (Å²) < 4.78 is 73.9. The van der Waals surface area contributed by atoms with Gasteiger partial charge in [-0.1, -0.05) is 133 Å². The fourth-order valence-corrected chi connectivity index (χ4v) is 7.84. The molecular formula is C45H28N4S. The maximum atomic E-state index is 9.10. The summed E-state index contributed by atoms with van der Waals surface area (Å²) in [5.74, 6) is 1.08. The van der Waals surface area contributed by atoms with Crippen molar-refractivity contribution in [3.8, 4) is 51.0 Å². The lowest BCUT2D eigenvalue weighted by molar-refractivity contribution is 1.07. The van der Waals surface area contributed by atoms with Crippen molar-refractivity contribution in [1.82, 2.24) is 19.5 Å². The number of hydrogen-bond acceptors (Lipinski definition) is 4. The second-order valence-electron chi connectivity index (χ2n) is 11.8. The summed E-state index contributed by atoms with van der Waals surface area (Å²) in [6, 6.07) is 35.9. The highest BCUT2D eigenvalue weighted by Gasteiger charge is 2.20. The molecule has 5 heteroatoms. The Balaban J connectivity index is 1.28. The second-order valence-corrected chi connectivity index (χ2v) is 12.9. The topological polar surface area (TPSA) is 43.6 Å². The van der Waals surface area contributed by atoms with E-state index in [1.54, 1.807) is 29.5 Å². The molecule has 4 nitrogen and oxygen atoms in total. The van der Waals surface area contributed by atoms with Crippen LogP contribution in [0.25, 0.3) is 93.0 Å². The third kappa shape index (κ3) is 4.63. The van der Waals surface area contributed by atoms with Crippen LogP contribution in [0.2, 0.25) is 0 Å². The van der Waals surface area contributed by atoms with Gasteiger partial charge in [-0.15, -0.1) is 11.3 Å². The maximum Gasteiger partial charge on any atom is 0.166 e. The number of para-hydroxylation sites is 3. The molecule has 0 bridgehead atoms. The predicted octanol–water partition coefficient (Wildman–Crippen LogP) is 12.0. The number of hydrogen-bond donors (Lipinski definition) is 0. The molecule has 3 heterocycles. The van der Waals surface area contributed by atoms with E-state index >= 15 is 0 Å². The quantitative estimate of drug-likeness (QED) is 0.184. The number of aromatic nitrogens is 4. The van der Waals surface area contributed by atoms with E-state index in [0.717, 1.165) is 42.4 Å². The lowest BCUT2D eigenvalue weighted by atomic mass is 10.0. The average molecular weight is 665 g/mol. The minimum absolute atomic E-state index is 0.00484. The molecule has 0 unspecified atom stereocenters. The summed E-state index contributed by atoms with van der Waals surface area (Å²) >= 11 is 1.65. The number of thiophene rings is 1. The summed E-state index contributed by atoms with van der Waals surface area (Å²) in [4.78, 5) is 15.3. The van der Waals surface area contributed by atoms with Gasteiger partial charge in [-0.2, -0.15) is 0 Å². The highest BCUT2D eigenvalue weighted by Crippen LogP contribution is 2.40. The third-order valence-corrected chi connectivity index (χ3v) is 10.2. The van der Waals surface area contributed by atoms with Crippen molar-refractivity contribution in [3.05, 3.63) is 170 Å². The van der Waals surface area contributed by atoms with Crippen molar-refractivity contribution in [3.63, 3.8) is 0 Å². The lowest BCUT2D eigenvalue weighted by Crippen LogP contribution is -2.03. The highest BCUT2D eigenvalue weighted by atomic mass is 32.1. The van der Waals surface area contributed by atoms with Gasteiger partial charge in [-0.3, -0.25) is 0 Å². The van der Waals surface area contributed by atoms with Gasteiger partial charge in [-0.05, 0) is 47.5 Å². The Kier molecular flexibility index (Phi) is 5.00. The van der Waals surface area contributed by atoms with E-state index in [1.807, 2.05) is 84.9 Å². The molecule has 0 aliphatic carbocycles. The molecule has 0 fully saturated rings. The Hall–Kier alpha value is -6.43. The zero-order chi connectivity index (χ0) is 40.0. The second kappa shape index (κ2) is 11.6. The predicted molar refractivity (Wildman–Crippen MR) is 209 cm³/mol. The highest BCUT2D eigenvalue weighted by molar-refractivity contribution is 7.26. The van der Waals surface area contributed by atoms with Gasteiger partial charge in [0.1, 0.15) is 0 Å². The van der Waals surface area contributed by atoms with Crippen molar-refractivity contribution in [2.24, 2.45) is 0 Å². The van der Waals surface area contributed by atoms with Crippen LogP contribution in [0.4, 0.5) is 0 Å². The van der Waals surface area contributed by atoms with Crippen LogP contribution in [0.3, 0.4) is 0 Å². The number of rotatable bonds is 5. The van der Waals surface area contributed by atoms with Gasteiger partial charge in [0.05, 0.1) is 27.7 Å². The molecule has 0 spiro atoms. The first-order valence-corrected chi connectivity index (χ1v) is 16.9. The van der Waals surface area contributed by atoms with Crippen LogP contribution in [0.5, 0.6) is 0 Å². The van der Waals surface area contributed by atoms with Gasteiger partial charge in [0, 0.05) is 47.6 Å². The Labute approximate surface area is 303 Å². The molecule has 0 amide bonds. The molecule has 3 aromatic heterocycles. The van der Waals surface area contributed by atoms with E-state index < -0.39 is 36.3 Å². The summed E-state index contributed by atoms with van der Waals surface area (Å²) in [6.45, 7) is 0. The summed E-state index contributed by atoms with van der Waals surface area (Å²) in [5, 5.41) is 2.19. The minimum Gasteiger partial charge on any atom is -0.309 e. The van der Waals surface area contributed by atoms with Gasteiger partial charge in [0.15, 0.2) is 17.5 Å². The molecule has 0 N–H and O–H groups in total.